The van der Waals surface area contributed by atoms with Gasteiger partial charge in [-0.1, -0.05) is 35.5 Å². The number of hydrogen-bond donors (Lipinski definition) is 1. The van der Waals surface area contributed by atoms with Crippen LogP contribution in [0.25, 0.3) is 10.9 Å². The molecule has 1 aliphatic heterocycles. The van der Waals surface area contributed by atoms with E-state index >= 15 is 0 Å². The second kappa shape index (κ2) is 9.38. The largest absolute Gasteiger partial charge is 0.376 e. The number of rotatable bonds is 6. The van der Waals surface area contributed by atoms with E-state index in [1.54, 1.807) is 29.7 Å². The molecule has 0 aliphatic carbocycles. The van der Waals surface area contributed by atoms with Crippen molar-refractivity contribution in [2.75, 3.05) is 11.9 Å². The molecule has 1 aliphatic rings. The zero-order valence-electron chi connectivity index (χ0n) is 16.8. The number of nitrogens with one attached hydrogen (secondary N) is 1. The molecule has 31 heavy (non-hydrogen) atoms. The van der Waals surface area contributed by atoms with Gasteiger partial charge >= 0.3 is 0 Å². The summed E-state index contributed by atoms with van der Waals surface area (Å²) in [5, 5.41) is 3.22. The first kappa shape index (κ1) is 21.8. The second-order valence-electron chi connectivity index (χ2n) is 7.34. The third-order valence-corrected chi connectivity index (χ3v) is 6.48. The van der Waals surface area contributed by atoms with Crippen molar-refractivity contribution >= 4 is 45.9 Å². The van der Waals surface area contributed by atoms with Gasteiger partial charge < -0.3 is 10.1 Å². The molecule has 1 aromatic heterocycles. The highest BCUT2D eigenvalue weighted by atomic mass is 35.5. The normalized spacial score (nSPS) is 17.1. The average molecular weight is 462 g/mol. The summed E-state index contributed by atoms with van der Waals surface area (Å²) in [5.41, 5.74) is 0.745. The number of hydrogen-bond acceptors (Lipinski definition) is 5. The van der Waals surface area contributed by atoms with Crippen LogP contribution in [0.2, 0.25) is 5.02 Å². The van der Waals surface area contributed by atoms with Crippen LogP contribution >= 0.6 is 23.4 Å². The van der Waals surface area contributed by atoms with E-state index in [4.69, 9.17) is 16.3 Å². The maximum atomic E-state index is 13.3. The minimum absolute atomic E-state index is 0.0535. The fourth-order valence-electron chi connectivity index (χ4n) is 3.43. The number of nitrogens with zero attached hydrogens (tertiary/aromatic N) is 2. The molecule has 0 radical (unpaired) electrons. The average Bonchev–Trinajstić information content (AvgIpc) is 3.26. The van der Waals surface area contributed by atoms with E-state index in [9.17, 15) is 14.0 Å². The van der Waals surface area contributed by atoms with Crippen LogP contribution in [0.4, 0.5) is 10.1 Å². The second-order valence-corrected chi connectivity index (χ2v) is 9.05. The SMILES string of the molecule is CC(Sc1nc2ccccc2c(=O)n1CC1CCCO1)C(=O)Nc1ccc(F)cc1Cl. The lowest BCUT2D eigenvalue weighted by molar-refractivity contribution is -0.115. The van der Waals surface area contributed by atoms with Gasteiger partial charge in [-0.3, -0.25) is 14.2 Å². The monoisotopic (exact) mass is 461 g/mol. The Morgan fingerprint density at radius 1 is 1.39 bits per heavy atom. The molecule has 1 amide bonds. The maximum absolute atomic E-state index is 13.3. The molecule has 0 bridgehead atoms. The van der Waals surface area contributed by atoms with E-state index in [1.807, 2.05) is 6.07 Å². The van der Waals surface area contributed by atoms with E-state index < -0.39 is 11.1 Å². The number of ether oxygens (including phenoxy) is 1. The molecule has 6 nitrogen and oxygen atoms in total. The molecule has 4 rings (SSSR count). The van der Waals surface area contributed by atoms with Crippen LogP contribution in [0.5, 0.6) is 0 Å². The quantitative estimate of drug-likeness (QED) is 0.432. The maximum Gasteiger partial charge on any atom is 0.262 e. The molecule has 2 unspecified atom stereocenters. The number of aromatic nitrogens is 2. The van der Waals surface area contributed by atoms with Gasteiger partial charge in [-0.25, -0.2) is 9.37 Å². The Bertz CT molecular complexity index is 1180. The van der Waals surface area contributed by atoms with Crippen LogP contribution in [-0.4, -0.2) is 33.4 Å². The van der Waals surface area contributed by atoms with E-state index in [0.717, 1.165) is 18.9 Å². The summed E-state index contributed by atoms with van der Waals surface area (Å²) in [4.78, 5) is 30.5. The highest BCUT2D eigenvalue weighted by Gasteiger charge is 2.23. The fourth-order valence-corrected chi connectivity index (χ4v) is 4.56. The Morgan fingerprint density at radius 3 is 2.94 bits per heavy atom. The van der Waals surface area contributed by atoms with Gasteiger partial charge in [-0.15, -0.1) is 0 Å². The lowest BCUT2D eigenvalue weighted by Gasteiger charge is -2.18. The number of para-hydroxylation sites is 1. The molecule has 0 saturated carbocycles. The number of anilines is 1. The Morgan fingerprint density at radius 2 is 2.19 bits per heavy atom. The predicted octanol–water partition coefficient (Wildman–Crippen LogP) is 4.49. The predicted molar refractivity (Wildman–Crippen MR) is 120 cm³/mol. The Hall–Kier alpha value is -2.42. The zero-order valence-corrected chi connectivity index (χ0v) is 18.4. The number of halogens is 2. The van der Waals surface area contributed by atoms with E-state index in [-0.39, 0.29) is 22.6 Å². The van der Waals surface area contributed by atoms with Crippen molar-refractivity contribution in [3.63, 3.8) is 0 Å². The number of carbonyl (C=O) groups excluding carboxylic acids is 1. The first-order valence-corrected chi connectivity index (χ1v) is 11.2. The molecule has 2 aromatic carbocycles. The summed E-state index contributed by atoms with van der Waals surface area (Å²) < 4.78 is 20.6. The van der Waals surface area contributed by atoms with Crippen LogP contribution < -0.4 is 10.9 Å². The van der Waals surface area contributed by atoms with Crippen LogP contribution in [0.3, 0.4) is 0 Å². The van der Waals surface area contributed by atoms with Gasteiger partial charge in [0.1, 0.15) is 5.82 Å². The zero-order chi connectivity index (χ0) is 22.0. The molecular formula is C22H21ClFN3O3S. The van der Waals surface area contributed by atoms with Crippen LogP contribution in [0.15, 0.2) is 52.4 Å². The van der Waals surface area contributed by atoms with E-state index in [1.165, 1.54) is 23.9 Å². The number of amides is 1. The molecular weight excluding hydrogens is 441 g/mol. The van der Waals surface area contributed by atoms with Crippen molar-refractivity contribution in [3.05, 3.63) is 63.7 Å². The standard InChI is InChI=1S/C22H21ClFN3O3S/c1-13(20(28)25-19-9-8-14(24)11-17(19)23)31-22-26-18-7-3-2-6-16(18)21(29)27(22)12-15-5-4-10-30-15/h2-3,6-9,11,13,15H,4-5,10,12H2,1H3,(H,25,28). The van der Waals surface area contributed by atoms with Crippen molar-refractivity contribution in [1.82, 2.24) is 9.55 Å². The molecule has 2 atom stereocenters. The smallest absolute Gasteiger partial charge is 0.262 e. The van der Waals surface area contributed by atoms with Crippen LogP contribution in [-0.2, 0) is 16.1 Å². The lowest BCUT2D eigenvalue weighted by atomic mass is 10.2. The van der Waals surface area contributed by atoms with E-state index in [2.05, 4.69) is 10.3 Å². The number of thioether (sulfide) groups is 1. The highest BCUT2D eigenvalue weighted by molar-refractivity contribution is 8.00. The number of benzene rings is 2. The molecule has 3 aromatic rings. The summed E-state index contributed by atoms with van der Waals surface area (Å²) in [5.74, 6) is -0.812. The first-order valence-electron chi connectivity index (χ1n) is 9.96. The molecule has 162 valence electrons. The topological polar surface area (TPSA) is 73.2 Å². The summed E-state index contributed by atoms with van der Waals surface area (Å²) >= 11 is 7.20. The van der Waals surface area contributed by atoms with E-state index in [0.29, 0.717) is 34.9 Å². The minimum atomic E-state index is -0.579. The molecule has 0 spiro atoms. The molecule has 2 heterocycles. The molecule has 1 saturated heterocycles. The van der Waals surface area contributed by atoms with Crippen molar-refractivity contribution in [2.24, 2.45) is 0 Å². The minimum Gasteiger partial charge on any atom is -0.376 e. The Balaban J connectivity index is 1.61. The van der Waals surface area contributed by atoms with Gasteiger partial charge in [0.15, 0.2) is 5.16 Å². The lowest BCUT2D eigenvalue weighted by Crippen LogP contribution is -2.30. The van der Waals surface area contributed by atoms with Crippen molar-refractivity contribution in [3.8, 4) is 0 Å². The van der Waals surface area contributed by atoms with Gasteiger partial charge in [-0.2, -0.15) is 0 Å². The summed E-state index contributed by atoms with van der Waals surface area (Å²) in [7, 11) is 0. The van der Waals surface area contributed by atoms with Crippen molar-refractivity contribution < 1.29 is 13.9 Å². The molecule has 1 fully saturated rings. The van der Waals surface area contributed by atoms with Gasteiger partial charge in [0.2, 0.25) is 5.91 Å². The summed E-state index contributed by atoms with van der Waals surface area (Å²) in [6.45, 7) is 2.78. The van der Waals surface area contributed by atoms with Gasteiger partial charge in [-0.05, 0) is 50.1 Å². The summed E-state index contributed by atoms with van der Waals surface area (Å²) in [6.07, 6.45) is 1.78. The summed E-state index contributed by atoms with van der Waals surface area (Å²) in [6, 6.07) is 10.9. The van der Waals surface area contributed by atoms with Gasteiger partial charge in [0.25, 0.3) is 5.56 Å². The Labute approximate surface area is 187 Å². The third kappa shape index (κ3) is 4.92. The highest BCUT2D eigenvalue weighted by Crippen LogP contribution is 2.27. The molecule has 1 N–H and O–H groups in total. The number of fused-ring (bicyclic) bond motifs is 1. The first-order chi connectivity index (χ1) is 14.9. The van der Waals surface area contributed by atoms with Crippen LogP contribution in [0.1, 0.15) is 19.8 Å². The van der Waals surface area contributed by atoms with Crippen molar-refractivity contribution in [1.29, 1.82) is 0 Å². The Kier molecular flexibility index (Phi) is 6.60. The third-order valence-electron chi connectivity index (χ3n) is 5.08. The number of carbonyl (C=O) groups is 1. The van der Waals surface area contributed by atoms with Crippen LogP contribution in [0, 0.1) is 5.82 Å². The van der Waals surface area contributed by atoms with Crippen molar-refractivity contribution in [2.45, 2.75) is 42.8 Å². The van der Waals surface area contributed by atoms with Gasteiger partial charge in [0, 0.05) is 6.61 Å². The fraction of sp³-hybridized carbons (Fsp3) is 0.318. The molecule has 9 heteroatoms. The van der Waals surface area contributed by atoms with Gasteiger partial charge in [0.05, 0.1) is 39.5 Å².